The molecule has 1 amide bonds. The number of pyridine rings is 1. The van der Waals surface area contributed by atoms with Gasteiger partial charge in [0.2, 0.25) is 5.91 Å². The Morgan fingerprint density at radius 3 is 2.68 bits per heavy atom. The topological polar surface area (TPSA) is 74.9 Å². The molecule has 22 heavy (non-hydrogen) atoms. The van der Waals surface area contributed by atoms with Crippen molar-refractivity contribution in [3.63, 3.8) is 0 Å². The van der Waals surface area contributed by atoms with E-state index in [0.29, 0.717) is 36.6 Å². The first-order valence-corrected chi connectivity index (χ1v) is 7.54. The molecule has 0 atom stereocenters. The van der Waals surface area contributed by atoms with Gasteiger partial charge in [-0.25, -0.2) is 4.98 Å². The Kier molecular flexibility index (Phi) is 4.02. The lowest BCUT2D eigenvalue weighted by atomic mass is 9.97. The van der Waals surface area contributed by atoms with Gasteiger partial charge in [-0.2, -0.15) is 0 Å². The lowest BCUT2D eigenvalue weighted by Crippen LogP contribution is -2.41. The summed E-state index contributed by atoms with van der Waals surface area (Å²) in [5.74, 6) is -1.12. The molecule has 7 heteroatoms. The number of hydrogen-bond donors (Lipinski definition) is 1. The maximum atomic E-state index is 12.3. The highest BCUT2D eigenvalue weighted by Gasteiger charge is 2.27. The second kappa shape index (κ2) is 5.96. The fraction of sp³-hybridized carbons (Fsp3) is 0.400. The minimum atomic E-state index is -0.774. The van der Waals surface area contributed by atoms with Crippen molar-refractivity contribution >= 4 is 29.1 Å². The van der Waals surface area contributed by atoms with Crippen LogP contribution in [0.3, 0.4) is 0 Å². The summed E-state index contributed by atoms with van der Waals surface area (Å²) < 4.78 is 1.79. The second-order valence-electron chi connectivity index (χ2n) is 5.52. The van der Waals surface area contributed by atoms with Crippen LogP contribution >= 0.6 is 11.6 Å². The predicted molar refractivity (Wildman–Crippen MR) is 80.8 cm³/mol. The molecule has 2 aromatic heterocycles. The van der Waals surface area contributed by atoms with E-state index < -0.39 is 5.97 Å². The van der Waals surface area contributed by atoms with Crippen LogP contribution in [0, 0.1) is 5.92 Å². The van der Waals surface area contributed by atoms with Gasteiger partial charge < -0.3 is 14.4 Å². The lowest BCUT2D eigenvalue weighted by molar-refractivity contribution is -0.145. The maximum Gasteiger partial charge on any atom is 0.306 e. The highest BCUT2D eigenvalue weighted by Crippen LogP contribution is 2.18. The number of fused-ring (bicyclic) bond motifs is 1. The molecule has 6 nitrogen and oxygen atoms in total. The Morgan fingerprint density at radius 2 is 2.00 bits per heavy atom. The van der Waals surface area contributed by atoms with Gasteiger partial charge in [0.05, 0.1) is 23.1 Å². The first-order valence-electron chi connectivity index (χ1n) is 7.16. The monoisotopic (exact) mass is 321 g/mol. The Bertz CT molecular complexity index is 720. The number of piperidine rings is 1. The average molecular weight is 322 g/mol. The van der Waals surface area contributed by atoms with Crippen LogP contribution < -0.4 is 0 Å². The van der Waals surface area contributed by atoms with Gasteiger partial charge in [-0.1, -0.05) is 11.6 Å². The summed E-state index contributed by atoms with van der Waals surface area (Å²) in [4.78, 5) is 29.3. The van der Waals surface area contributed by atoms with Crippen molar-refractivity contribution in [2.75, 3.05) is 13.1 Å². The number of carbonyl (C=O) groups excluding carboxylic acids is 1. The molecule has 0 saturated carbocycles. The molecular formula is C15H16ClN3O3. The zero-order valence-electron chi connectivity index (χ0n) is 11.9. The van der Waals surface area contributed by atoms with E-state index in [-0.39, 0.29) is 18.2 Å². The van der Waals surface area contributed by atoms with Gasteiger partial charge in [0.25, 0.3) is 0 Å². The van der Waals surface area contributed by atoms with Crippen molar-refractivity contribution in [2.45, 2.75) is 19.3 Å². The van der Waals surface area contributed by atoms with Crippen LogP contribution in [0.1, 0.15) is 18.5 Å². The van der Waals surface area contributed by atoms with Crippen molar-refractivity contribution in [3.8, 4) is 0 Å². The Labute approximate surface area is 132 Å². The molecule has 0 aromatic carbocycles. The summed E-state index contributed by atoms with van der Waals surface area (Å²) in [6.07, 6.45) is 4.79. The van der Waals surface area contributed by atoms with Crippen LogP contribution in [0.25, 0.3) is 5.65 Å². The summed E-state index contributed by atoms with van der Waals surface area (Å²) in [5, 5.41) is 9.58. The summed E-state index contributed by atoms with van der Waals surface area (Å²) in [7, 11) is 0. The van der Waals surface area contributed by atoms with Crippen LogP contribution in [-0.2, 0) is 16.0 Å². The molecule has 0 aliphatic carbocycles. The molecule has 1 saturated heterocycles. The van der Waals surface area contributed by atoms with E-state index in [0.717, 1.165) is 5.65 Å². The van der Waals surface area contributed by atoms with Crippen molar-refractivity contribution < 1.29 is 14.7 Å². The number of carboxylic acids is 1. The first kappa shape index (κ1) is 14.8. The van der Waals surface area contributed by atoms with E-state index >= 15 is 0 Å². The zero-order chi connectivity index (χ0) is 15.7. The lowest BCUT2D eigenvalue weighted by Gasteiger charge is -2.30. The van der Waals surface area contributed by atoms with E-state index in [9.17, 15) is 9.59 Å². The molecule has 1 aliphatic rings. The molecule has 0 bridgehead atoms. The molecule has 3 heterocycles. The van der Waals surface area contributed by atoms with Crippen molar-refractivity contribution in [1.29, 1.82) is 0 Å². The van der Waals surface area contributed by atoms with Crippen LogP contribution in [0.15, 0.2) is 24.5 Å². The molecule has 2 aromatic rings. The molecule has 1 N–H and O–H groups in total. The molecule has 0 radical (unpaired) electrons. The third kappa shape index (κ3) is 3.06. The summed E-state index contributed by atoms with van der Waals surface area (Å²) >= 11 is 5.92. The first-order chi connectivity index (χ1) is 10.5. The summed E-state index contributed by atoms with van der Waals surface area (Å²) in [5.41, 5.74) is 1.43. The van der Waals surface area contributed by atoms with Crippen LogP contribution in [-0.4, -0.2) is 44.4 Å². The molecule has 0 spiro atoms. The number of aliphatic carboxylic acids is 1. The van der Waals surface area contributed by atoms with Crippen molar-refractivity contribution in [1.82, 2.24) is 14.3 Å². The van der Waals surface area contributed by atoms with Gasteiger partial charge in [-0.05, 0) is 25.0 Å². The third-order valence-corrected chi connectivity index (χ3v) is 4.22. The van der Waals surface area contributed by atoms with E-state index in [1.54, 1.807) is 33.8 Å². The highest BCUT2D eigenvalue weighted by molar-refractivity contribution is 6.30. The Morgan fingerprint density at radius 1 is 1.27 bits per heavy atom. The van der Waals surface area contributed by atoms with Crippen LogP contribution in [0.4, 0.5) is 0 Å². The van der Waals surface area contributed by atoms with E-state index in [1.807, 2.05) is 0 Å². The van der Waals surface area contributed by atoms with Crippen molar-refractivity contribution in [3.05, 3.63) is 35.2 Å². The third-order valence-electron chi connectivity index (χ3n) is 3.99. The zero-order valence-corrected chi connectivity index (χ0v) is 12.7. The van der Waals surface area contributed by atoms with Gasteiger partial charge in [-0.15, -0.1) is 0 Å². The molecule has 116 valence electrons. The maximum absolute atomic E-state index is 12.3. The van der Waals surface area contributed by atoms with Crippen molar-refractivity contribution in [2.24, 2.45) is 5.92 Å². The number of amides is 1. The average Bonchev–Trinajstić information content (AvgIpc) is 2.88. The summed E-state index contributed by atoms with van der Waals surface area (Å²) in [6, 6.07) is 3.56. The molecule has 0 unspecified atom stereocenters. The van der Waals surface area contributed by atoms with Gasteiger partial charge in [0.15, 0.2) is 0 Å². The number of rotatable bonds is 3. The number of carbonyl (C=O) groups is 2. The number of aromatic nitrogens is 2. The SMILES string of the molecule is O=C(O)C1CCN(C(=O)Cc2cn3cc(Cl)ccc3n2)CC1. The Balaban J connectivity index is 1.65. The summed E-state index contributed by atoms with van der Waals surface area (Å²) in [6.45, 7) is 0.990. The highest BCUT2D eigenvalue weighted by atomic mass is 35.5. The van der Waals surface area contributed by atoms with Gasteiger partial charge >= 0.3 is 5.97 Å². The number of nitrogens with zero attached hydrogens (tertiary/aromatic N) is 3. The predicted octanol–water partition coefficient (Wildman–Crippen LogP) is 1.85. The van der Waals surface area contributed by atoms with Gasteiger partial charge in [-0.3, -0.25) is 9.59 Å². The number of hydrogen-bond acceptors (Lipinski definition) is 3. The number of imidazole rings is 1. The van der Waals surface area contributed by atoms with E-state index in [2.05, 4.69) is 4.98 Å². The van der Waals surface area contributed by atoms with Gasteiger partial charge in [0.1, 0.15) is 5.65 Å². The normalized spacial score (nSPS) is 16.1. The quantitative estimate of drug-likeness (QED) is 0.936. The number of likely N-dealkylation sites (tertiary alicyclic amines) is 1. The standard InChI is InChI=1S/C15H16ClN3O3/c16-11-1-2-13-17-12(9-19(13)8-11)7-14(20)18-5-3-10(4-6-18)15(21)22/h1-2,8-10H,3-7H2,(H,21,22). The Hall–Kier alpha value is -2.08. The second-order valence-corrected chi connectivity index (χ2v) is 5.95. The largest absolute Gasteiger partial charge is 0.481 e. The molecule has 1 aliphatic heterocycles. The molecular weight excluding hydrogens is 306 g/mol. The number of halogens is 1. The van der Waals surface area contributed by atoms with E-state index in [4.69, 9.17) is 16.7 Å². The minimum absolute atomic E-state index is 0.0154. The molecule has 3 rings (SSSR count). The minimum Gasteiger partial charge on any atom is -0.481 e. The van der Waals surface area contributed by atoms with E-state index in [1.165, 1.54) is 0 Å². The number of carboxylic acid groups (broad SMARTS) is 1. The fourth-order valence-electron chi connectivity index (χ4n) is 2.74. The van der Waals surface area contributed by atoms with Crippen LogP contribution in [0.2, 0.25) is 5.02 Å². The van der Waals surface area contributed by atoms with Crippen LogP contribution in [0.5, 0.6) is 0 Å². The smallest absolute Gasteiger partial charge is 0.306 e. The molecule has 1 fully saturated rings. The fourth-order valence-corrected chi connectivity index (χ4v) is 2.91. The van der Waals surface area contributed by atoms with Gasteiger partial charge in [0, 0.05) is 25.5 Å².